The molecule has 0 saturated heterocycles. The van der Waals surface area contributed by atoms with Crippen LogP contribution in [0.1, 0.15) is 39.0 Å². The first-order valence-electron chi connectivity index (χ1n) is 9.55. The van der Waals surface area contributed by atoms with E-state index < -0.39 is 6.29 Å². The van der Waals surface area contributed by atoms with Gasteiger partial charge in [0.15, 0.2) is 5.76 Å². The van der Waals surface area contributed by atoms with Crippen molar-refractivity contribution in [3.8, 4) is 0 Å². The van der Waals surface area contributed by atoms with Crippen molar-refractivity contribution in [2.75, 3.05) is 18.5 Å². The molecule has 6 heteroatoms. The van der Waals surface area contributed by atoms with E-state index in [4.69, 9.17) is 9.47 Å². The van der Waals surface area contributed by atoms with Gasteiger partial charge in [-0.2, -0.15) is 0 Å². The number of pyridine rings is 1. The maximum absolute atomic E-state index is 12.7. The molecule has 0 bridgehead atoms. The van der Waals surface area contributed by atoms with Gasteiger partial charge in [-0.15, -0.1) is 0 Å². The summed E-state index contributed by atoms with van der Waals surface area (Å²) in [6.45, 7) is 2.61. The minimum absolute atomic E-state index is 0.158. The molecule has 3 rings (SSSR count). The lowest BCUT2D eigenvalue weighted by atomic mass is 9.68. The first-order chi connectivity index (χ1) is 12.7. The number of amides is 1. The van der Waals surface area contributed by atoms with Crippen LogP contribution in [0.3, 0.4) is 0 Å². The van der Waals surface area contributed by atoms with E-state index in [0.29, 0.717) is 30.4 Å². The quantitative estimate of drug-likeness (QED) is 0.744. The summed E-state index contributed by atoms with van der Waals surface area (Å²) in [5.74, 6) is 1.03. The van der Waals surface area contributed by atoms with Crippen LogP contribution in [-0.4, -0.2) is 35.5 Å². The predicted octanol–water partition coefficient (Wildman–Crippen LogP) is 3.10. The van der Waals surface area contributed by atoms with E-state index in [1.165, 1.54) is 19.3 Å². The topological polar surface area (TPSA) is 80.7 Å². The molecule has 0 spiro atoms. The monoisotopic (exact) mass is 360 g/mol. The number of anilines is 1. The first-order valence-corrected chi connectivity index (χ1v) is 9.55. The minimum atomic E-state index is -0.447. The first kappa shape index (κ1) is 18.9. The second-order valence-corrected chi connectivity index (χ2v) is 6.97. The number of nitrogens with zero attached hydrogens (tertiary/aromatic N) is 1. The summed E-state index contributed by atoms with van der Waals surface area (Å²) in [4.78, 5) is 16.7. The third kappa shape index (κ3) is 4.43. The number of carbonyl (C=O) groups is 1. The molecule has 2 N–H and O–H groups in total. The zero-order chi connectivity index (χ0) is 18.4. The second-order valence-electron chi connectivity index (χ2n) is 6.97. The van der Waals surface area contributed by atoms with Crippen molar-refractivity contribution in [2.45, 2.75) is 45.3 Å². The van der Waals surface area contributed by atoms with E-state index in [1.54, 1.807) is 24.5 Å². The van der Waals surface area contributed by atoms with E-state index in [9.17, 15) is 9.90 Å². The average molecular weight is 360 g/mol. The molecule has 2 heterocycles. The fourth-order valence-corrected chi connectivity index (χ4v) is 3.78. The normalized spacial score (nSPS) is 25.8. The van der Waals surface area contributed by atoms with Crippen LogP contribution in [0.4, 0.5) is 5.69 Å². The molecule has 0 unspecified atom stereocenters. The number of aliphatic hydroxyl groups is 1. The third-order valence-electron chi connectivity index (χ3n) is 5.29. The van der Waals surface area contributed by atoms with Crippen LogP contribution in [0.15, 0.2) is 36.4 Å². The Labute approximate surface area is 154 Å². The van der Waals surface area contributed by atoms with Crippen molar-refractivity contribution in [3.05, 3.63) is 36.4 Å². The molecule has 1 fully saturated rings. The summed E-state index contributed by atoms with van der Waals surface area (Å²) < 4.78 is 11.8. The van der Waals surface area contributed by atoms with E-state index in [-0.39, 0.29) is 24.3 Å². The number of hydrogen-bond acceptors (Lipinski definition) is 5. The highest BCUT2D eigenvalue weighted by molar-refractivity contribution is 6.02. The fraction of sp³-hybridized carbons (Fsp3) is 0.600. The Morgan fingerprint density at radius 1 is 1.46 bits per heavy atom. The van der Waals surface area contributed by atoms with Crippen molar-refractivity contribution < 1.29 is 19.4 Å². The fourth-order valence-electron chi connectivity index (χ4n) is 3.78. The number of hydrogen-bond donors (Lipinski definition) is 2. The molecule has 26 heavy (non-hydrogen) atoms. The molecule has 1 aromatic heterocycles. The van der Waals surface area contributed by atoms with Crippen molar-refractivity contribution in [2.24, 2.45) is 17.8 Å². The highest BCUT2D eigenvalue weighted by Crippen LogP contribution is 2.44. The molecular formula is C20H28N2O4. The molecule has 2 aliphatic rings. The van der Waals surface area contributed by atoms with Gasteiger partial charge in [0.05, 0.1) is 11.9 Å². The number of nitrogens with one attached hydrogen (secondary N) is 1. The van der Waals surface area contributed by atoms with E-state index in [1.807, 2.05) is 13.0 Å². The van der Waals surface area contributed by atoms with Crippen LogP contribution in [0, 0.1) is 17.8 Å². The Balaban J connectivity index is 1.79. The van der Waals surface area contributed by atoms with Crippen LogP contribution in [0.2, 0.25) is 0 Å². The number of aromatic nitrogens is 1. The van der Waals surface area contributed by atoms with Gasteiger partial charge in [-0.1, -0.05) is 6.42 Å². The zero-order valence-corrected chi connectivity index (χ0v) is 15.3. The molecular weight excluding hydrogens is 332 g/mol. The number of carbonyl (C=O) groups excluding carboxylic acids is 1. The zero-order valence-electron chi connectivity index (χ0n) is 15.3. The van der Waals surface area contributed by atoms with Crippen molar-refractivity contribution in [3.63, 3.8) is 0 Å². The van der Waals surface area contributed by atoms with Crippen LogP contribution in [-0.2, 0) is 14.3 Å². The van der Waals surface area contributed by atoms with Crippen molar-refractivity contribution in [1.29, 1.82) is 0 Å². The van der Waals surface area contributed by atoms with E-state index in [2.05, 4.69) is 10.3 Å². The van der Waals surface area contributed by atoms with Crippen molar-refractivity contribution >= 4 is 11.6 Å². The van der Waals surface area contributed by atoms with Gasteiger partial charge >= 0.3 is 0 Å². The summed E-state index contributed by atoms with van der Waals surface area (Å²) in [7, 11) is 0. The number of allylic oxidation sites excluding steroid dienone is 1. The van der Waals surface area contributed by atoms with E-state index in [0.717, 1.165) is 6.42 Å². The van der Waals surface area contributed by atoms with Crippen LogP contribution in [0.5, 0.6) is 0 Å². The molecule has 1 aromatic rings. The summed E-state index contributed by atoms with van der Waals surface area (Å²) in [5, 5.41) is 12.1. The molecule has 1 aliphatic heterocycles. The summed E-state index contributed by atoms with van der Waals surface area (Å²) in [6.07, 6.45) is 9.93. The molecule has 1 aliphatic carbocycles. The van der Waals surface area contributed by atoms with Gasteiger partial charge in [-0.25, -0.2) is 0 Å². The highest BCUT2D eigenvalue weighted by atomic mass is 16.7. The Morgan fingerprint density at radius 2 is 2.31 bits per heavy atom. The number of ether oxygens (including phenoxy) is 2. The maximum Gasteiger partial charge on any atom is 0.290 e. The minimum Gasteiger partial charge on any atom is -0.459 e. The molecule has 1 saturated carbocycles. The molecule has 0 aromatic carbocycles. The molecule has 3 atom stereocenters. The third-order valence-corrected chi connectivity index (χ3v) is 5.29. The predicted molar refractivity (Wildman–Crippen MR) is 98.1 cm³/mol. The Morgan fingerprint density at radius 3 is 2.92 bits per heavy atom. The van der Waals surface area contributed by atoms with Crippen LogP contribution >= 0.6 is 0 Å². The van der Waals surface area contributed by atoms with Gasteiger partial charge < -0.3 is 19.9 Å². The number of aliphatic hydroxyl groups excluding tert-OH is 1. The van der Waals surface area contributed by atoms with Crippen LogP contribution < -0.4 is 5.32 Å². The maximum atomic E-state index is 12.7. The Bertz CT molecular complexity index is 615. The van der Waals surface area contributed by atoms with Crippen LogP contribution in [0.25, 0.3) is 0 Å². The Hall–Kier alpha value is -1.92. The lowest BCUT2D eigenvalue weighted by Gasteiger charge is -2.43. The van der Waals surface area contributed by atoms with Gasteiger partial charge in [-0.3, -0.25) is 9.78 Å². The van der Waals surface area contributed by atoms with Gasteiger partial charge in [-0.05, 0) is 62.7 Å². The molecule has 6 nitrogen and oxygen atoms in total. The molecule has 1 amide bonds. The second kappa shape index (κ2) is 9.14. The largest absolute Gasteiger partial charge is 0.459 e. The lowest BCUT2D eigenvalue weighted by molar-refractivity contribution is -0.177. The smallest absolute Gasteiger partial charge is 0.290 e. The van der Waals surface area contributed by atoms with E-state index >= 15 is 0 Å². The summed E-state index contributed by atoms with van der Waals surface area (Å²) in [5.41, 5.74) is 0.637. The lowest BCUT2D eigenvalue weighted by Crippen LogP contribution is -2.42. The van der Waals surface area contributed by atoms with Gasteiger partial charge in [0.2, 0.25) is 6.29 Å². The van der Waals surface area contributed by atoms with Gasteiger partial charge in [0.25, 0.3) is 5.91 Å². The van der Waals surface area contributed by atoms with Gasteiger partial charge in [0, 0.05) is 25.3 Å². The van der Waals surface area contributed by atoms with Crippen molar-refractivity contribution in [1.82, 2.24) is 4.98 Å². The molecule has 142 valence electrons. The average Bonchev–Trinajstić information content (AvgIpc) is 2.60. The van der Waals surface area contributed by atoms with Gasteiger partial charge in [0.1, 0.15) is 0 Å². The SMILES string of the molecule is CCO[C@@H]1OC(C(=O)Nc2cccnc2)=C[C@H](C2CCC2)[C@@H]1CCCO. The summed E-state index contributed by atoms with van der Waals surface area (Å²) >= 11 is 0. The summed E-state index contributed by atoms with van der Waals surface area (Å²) in [6, 6.07) is 3.57. The molecule has 0 radical (unpaired) electrons. The Kier molecular flexibility index (Phi) is 6.63. The highest BCUT2D eigenvalue weighted by Gasteiger charge is 2.42. The standard InChI is InChI=1S/C20H28N2O4/c1-2-25-20-16(9-5-11-23)17(14-6-3-7-14)12-18(26-20)19(24)22-15-8-4-10-21-13-15/h4,8,10,12-14,16-17,20,23H,2-3,5-7,9,11H2,1H3,(H,22,24)/t16-,17+,20+/m0/s1. The number of rotatable bonds is 8.